The van der Waals surface area contributed by atoms with Crippen LogP contribution in [0.5, 0.6) is 0 Å². The van der Waals surface area contributed by atoms with Crippen molar-refractivity contribution < 1.29 is 13.6 Å². The first-order chi connectivity index (χ1) is 13.4. The molecule has 0 aliphatic heterocycles. The molecule has 1 saturated carbocycles. The molecule has 5 nitrogen and oxygen atoms in total. The Morgan fingerprint density at radius 2 is 1.86 bits per heavy atom. The Kier molecular flexibility index (Phi) is 5.05. The Morgan fingerprint density at radius 1 is 1.11 bits per heavy atom. The second kappa shape index (κ2) is 7.50. The molecule has 0 saturated heterocycles. The van der Waals surface area contributed by atoms with E-state index in [9.17, 15) is 18.4 Å². The van der Waals surface area contributed by atoms with Crippen LogP contribution in [-0.4, -0.2) is 15.5 Å². The van der Waals surface area contributed by atoms with Gasteiger partial charge in [-0.05, 0) is 65.9 Å². The number of H-pyrrole nitrogens is 1. The van der Waals surface area contributed by atoms with Gasteiger partial charge in [0.05, 0.1) is 11.0 Å². The van der Waals surface area contributed by atoms with E-state index in [1.54, 1.807) is 4.57 Å². The number of hydrogen-bond donors (Lipinski definition) is 2. The number of fused-ring (bicyclic) bond motifs is 1. The molecule has 0 spiro atoms. The van der Waals surface area contributed by atoms with Crippen molar-refractivity contribution in [1.29, 1.82) is 0 Å². The van der Waals surface area contributed by atoms with E-state index in [0.29, 0.717) is 25.7 Å². The van der Waals surface area contributed by atoms with Gasteiger partial charge in [-0.2, -0.15) is 0 Å². The van der Waals surface area contributed by atoms with Crippen molar-refractivity contribution in [1.82, 2.24) is 9.55 Å². The fourth-order valence-corrected chi connectivity index (χ4v) is 4.35. The highest BCUT2D eigenvalue weighted by Crippen LogP contribution is 2.34. The predicted molar refractivity (Wildman–Crippen MR) is 106 cm³/mol. The average molecular weight is 450 g/mol. The lowest BCUT2D eigenvalue weighted by atomic mass is 9.85. The van der Waals surface area contributed by atoms with Gasteiger partial charge in [0.25, 0.3) is 0 Å². The van der Waals surface area contributed by atoms with Crippen LogP contribution in [0.1, 0.15) is 31.7 Å². The summed E-state index contributed by atoms with van der Waals surface area (Å²) in [5, 5.41) is 2.65. The number of nitrogens with zero attached hydrogens (tertiary/aromatic N) is 1. The average Bonchev–Trinajstić information content (AvgIpc) is 3.02. The van der Waals surface area contributed by atoms with Crippen molar-refractivity contribution >= 4 is 38.6 Å². The number of rotatable bonds is 3. The lowest BCUT2D eigenvalue weighted by Crippen LogP contribution is -2.31. The Morgan fingerprint density at radius 3 is 2.57 bits per heavy atom. The largest absolute Gasteiger partial charge is 0.326 e. The minimum atomic E-state index is -0.994. The Balaban J connectivity index is 1.45. The van der Waals surface area contributed by atoms with Crippen LogP contribution in [0, 0.1) is 17.6 Å². The molecule has 1 amide bonds. The molecule has 0 unspecified atom stereocenters. The van der Waals surface area contributed by atoms with E-state index < -0.39 is 11.6 Å². The van der Waals surface area contributed by atoms with Gasteiger partial charge in [0.15, 0.2) is 11.6 Å². The molecular formula is C20H18BrF2N3O2. The van der Waals surface area contributed by atoms with E-state index in [1.165, 1.54) is 6.07 Å². The van der Waals surface area contributed by atoms with E-state index in [-0.39, 0.29) is 29.2 Å². The molecular weight excluding hydrogens is 432 g/mol. The number of anilines is 1. The van der Waals surface area contributed by atoms with Crippen LogP contribution in [0.25, 0.3) is 11.0 Å². The van der Waals surface area contributed by atoms with Crippen LogP contribution >= 0.6 is 15.9 Å². The third kappa shape index (κ3) is 3.48. The number of hydrogen-bond acceptors (Lipinski definition) is 2. The van der Waals surface area contributed by atoms with Gasteiger partial charge < -0.3 is 10.3 Å². The summed E-state index contributed by atoms with van der Waals surface area (Å²) in [7, 11) is 0. The Bertz CT molecular complexity index is 1100. The third-order valence-electron chi connectivity index (χ3n) is 5.32. The van der Waals surface area contributed by atoms with Gasteiger partial charge in [-0.15, -0.1) is 0 Å². The number of carbonyl (C=O) groups is 1. The number of nitrogens with one attached hydrogen (secondary N) is 2. The molecule has 0 radical (unpaired) electrons. The number of aromatic amines is 1. The van der Waals surface area contributed by atoms with Crippen molar-refractivity contribution in [2.24, 2.45) is 5.92 Å². The molecule has 8 heteroatoms. The Hall–Kier alpha value is -2.48. The van der Waals surface area contributed by atoms with E-state index in [0.717, 1.165) is 27.6 Å². The molecule has 0 atom stereocenters. The molecule has 1 fully saturated rings. The molecule has 1 aromatic heterocycles. The topological polar surface area (TPSA) is 66.9 Å². The van der Waals surface area contributed by atoms with Gasteiger partial charge in [-0.25, -0.2) is 13.6 Å². The summed E-state index contributed by atoms with van der Waals surface area (Å²) in [4.78, 5) is 27.8. The number of amides is 1. The van der Waals surface area contributed by atoms with Crippen LogP contribution in [0.2, 0.25) is 0 Å². The highest BCUT2D eigenvalue weighted by atomic mass is 79.9. The van der Waals surface area contributed by atoms with E-state index in [4.69, 9.17) is 0 Å². The maximum atomic E-state index is 13.3. The van der Waals surface area contributed by atoms with E-state index in [1.807, 2.05) is 18.2 Å². The van der Waals surface area contributed by atoms with Crippen molar-refractivity contribution in [3.05, 3.63) is 63.0 Å². The van der Waals surface area contributed by atoms with Gasteiger partial charge in [0, 0.05) is 28.2 Å². The van der Waals surface area contributed by atoms with Crippen LogP contribution in [-0.2, 0) is 4.79 Å². The van der Waals surface area contributed by atoms with Gasteiger partial charge in [0.2, 0.25) is 5.91 Å². The molecule has 1 aliphatic carbocycles. The van der Waals surface area contributed by atoms with Gasteiger partial charge in [0.1, 0.15) is 0 Å². The molecule has 28 heavy (non-hydrogen) atoms. The quantitative estimate of drug-likeness (QED) is 0.606. The maximum absolute atomic E-state index is 13.3. The van der Waals surface area contributed by atoms with Crippen molar-refractivity contribution in [2.75, 3.05) is 5.32 Å². The lowest BCUT2D eigenvalue weighted by molar-refractivity contribution is -0.121. The first-order valence-corrected chi connectivity index (χ1v) is 9.88. The van der Waals surface area contributed by atoms with Crippen LogP contribution in [0.4, 0.5) is 14.5 Å². The molecule has 1 aliphatic rings. The molecule has 146 valence electrons. The SMILES string of the molecule is O=C(Nc1ccc(F)c(F)c1)C1CCC(n2c(=O)[nH]c3c(Br)cccc32)CC1. The monoisotopic (exact) mass is 449 g/mol. The molecule has 2 N–H and O–H groups in total. The number of para-hydroxylation sites is 1. The maximum Gasteiger partial charge on any atom is 0.326 e. The van der Waals surface area contributed by atoms with Crippen LogP contribution in [0.3, 0.4) is 0 Å². The molecule has 0 bridgehead atoms. The van der Waals surface area contributed by atoms with Gasteiger partial charge in [-0.3, -0.25) is 9.36 Å². The summed E-state index contributed by atoms with van der Waals surface area (Å²) in [5.41, 5.74) is 1.69. The van der Waals surface area contributed by atoms with Crippen LogP contribution < -0.4 is 11.0 Å². The highest BCUT2D eigenvalue weighted by molar-refractivity contribution is 9.10. The minimum Gasteiger partial charge on any atom is -0.326 e. The summed E-state index contributed by atoms with van der Waals surface area (Å²) in [6, 6.07) is 8.98. The fraction of sp³-hybridized carbons (Fsp3) is 0.300. The lowest BCUT2D eigenvalue weighted by Gasteiger charge is -2.28. The summed E-state index contributed by atoms with van der Waals surface area (Å²) in [6.07, 6.45) is 2.62. The summed E-state index contributed by atoms with van der Waals surface area (Å²) in [5.74, 6) is -2.38. The second-order valence-electron chi connectivity index (χ2n) is 7.06. The predicted octanol–water partition coefficient (Wildman–Crippen LogP) is 4.74. The number of halogens is 3. The highest BCUT2D eigenvalue weighted by Gasteiger charge is 2.29. The molecule has 1 heterocycles. The fourth-order valence-electron chi connectivity index (χ4n) is 3.89. The Labute approximate surface area is 167 Å². The first kappa shape index (κ1) is 18.9. The summed E-state index contributed by atoms with van der Waals surface area (Å²) >= 11 is 3.45. The number of imidazole rings is 1. The van der Waals surface area contributed by atoms with Crippen molar-refractivity contribution in [3.8, 4) is 0 Å². The standard InChI is InChI=1S/C20H18BrF2N3O2/c21-14-2-1-3-17-18(14)25-20(28)26(17)13-7-4-11(5-8-13)19(27)24-12-6-9-15(22)16(23)10-12/h1-3,6,9-11,13H,4-5,7-8H2,(H,24,27)(H,25,28). The van der Waals surface area contributed by atoms with E-state index in [2.05, 4.69) is 26.2 Å². The smallest absolute Gasteiger partial charge is 0.326 e. The summed E-state index contributed by atoms with van der Waals surface area (Å²) < 4.78 is 28.9. The van der Waals surface area contributed by atoms with Gasteiger partial charge >= 0.3 is 5.69 Å². The third-order valence-corrected chi connectivity index (χ3v) is 5.98. The molecule has 2 aromatic carbocycles. The van der Waals surface area contributed by atoms with Crippen molar-refractivity contribution in [2.45, 2.75) is 31.7 Å². The second-order valence-corrected chi connectivity index (χ2v) is 7.91. The van der Waals surface area contributed by atoms with E-state index >= 15 is 0 Å². The van der Waals surface area contributed by atoms with Gasteiger partial charge in [-0.1, -0.05) is 6.07 Å². The normalized spacial score (nSPS) is 19.7. The zero-order valence-corrected chi connectivity index (χ0v) is 16.4. The zero-order chi connectivity index (χ0) is 19.8. The molecule has 4 rings (SSSR count). The molecule has 3 aromatic rings. The zero-order valence-electron chi connectivity index (χ0n) is 14.8. The number of aromatic nitrogens is 2. The van der Waals surface area contributed by atoms with Crippen LogP contribution in [0.15, 0.2) is 45.7 Å². The van der Waals surface area contributed by atoms with Crippen molar-refractivity contribution in [3.63, 3.8) is 0 Å². The number of benzene rings is 2. The summed E-state index contributed by atoms with van der Waals surface area (Å²) in [6.45, 7) is 0. The number of carbonyl (C=O) groups excluding carboxylic acids is 1. The first-order valence-electron chi connectivity index (χ1n) is 9.08. The minimum absolute atomic E-state index is 0.0165.